The molecule has 310 valence electrons. The normalized spacial score (nSPS) is 22.2. The quantitative estimate of drug-likeness (QED) is 0.0946. The molecule has 0 spiro atoms. The summed E-state index contributed by atoms with van der Waals surface area (Å²) in [6.45, 7) is 4.55. The van der Waals surface area contributed by atoms with Crippen LogP contribution in [0, 0.1) is 0 Å². The lowest BCUT2D eigenvalue weighted by Crippen LogP contribution is -2.50. The van der Waals surface area contributed by atoms with Crippen molar-refractivity contribution in [3.05, 3.63) is 102 Å². The lowest BCUT2D eigenvalue weighted by atomic mass is 9.91. The molecule has 17 heteroatoms. The summed E-state index contributed by atoms with van der Waals surface area (Å²) in [6, 6.07) is 23.6. The van der Waals surface area contributed by atoms with E-state index in [1.165, 1.54) is 12.5 Å². The van der Waals surface area contributed by atoms with Gasteiger partial charge >= 0.3 is 12.0 Å². The van der Waals surface area contributed by atoms with Gasteiger partial charge in [-0.2, -0.15) is 9.97 Å². The van der Waals surface area contributed by atoms with Crippen molar-refractivity contribution in [1.29, 1.82) is 0 Å². The molecule has 8 rings (SSSR count). The highest BCUT2D eigenvalue weighted by molar-refractivity contribution is 5.89. The van der Waals surface area contributed by atoms with Gasteiger partial charge in [0.15, 0.2) is 23.2 Å². The van der Waals surface area contributed by atoms with Gasteiger partial charge in [-0.25, -0.2) is 19.6 Å². The van der Waals surface area contributed by atoms with E-state index in [1.807, 2.05) is 47.4 Å². The molecule has 6 N–H and O–H groups in total. The summed E-state index contributed by atoms with van der Waals surface area (Å²) in [5.41, 5.74) is 3.51. The van der Waals surface area contributed by atoms with Gasteiger partial charge < -0.3 is 50.5 Å². The number of piperidine rings is 1. The van der Waals surface area contributed by atoms with E-state index in [1.54, 1.807) is 17.6 Å². The number of amides is 2. The summed E-state index contributed by atoms with van der Waals surface area (Å²) in [5, 5.41) is 41.1. The number of fused-ring (bicyclic) bond motifs is 1. The number of anilines is 3. The Labute approximate surface area is 341 Å². The number of aliphatic hydroxyl groups is 3. The number of pyridine rings is 1. The largest absolute Gasteiger partial charge is 0.462 e. The van der Waals surface area contributed by atoms with Crippen LogP contribution in [0.1, 0.15) is 59.8 Å². The van der Waals surface area contributed by atoms with E-state index in [9.17, 15) is 24.9 Å². The topological polar surface area (TPSA) is 212 Å². The second-order valence-electron chi connectivity index (χ2n) is 15.1. The molecule has 0 unspecified atom stereocenters. The number of nitrogens with one attached hydrogen (secondary N) is 3. The number of aliphatic hydroxyl groups excluding tert-OH is 3. The minimum absolute atomic E-state index is 0.00470. The van der Waals surface area contributed by atoms with Crippen LogP contribution in [-0.2, 0) is 9.47 Å². The standard InChI is InChI=1S/C42H50N10O7/c1-2-58-40(56)28-13-14-33(43-21-28)50-18-15-29(16-19-50)46-42(57)47-30-17-20-51(23-30)41-48-37(44-22-31(26-9-5-3-6-10-26)27-11-7-4-8-12-27)34-38(49-41)52(25-45-34)39-36(55)35(54)32(24-53)59-39/h3-14,21,25,29-32,35-36,39,53-55H,2,15-20,22-24H2,1H3,(H,44,48,49)(H2,46,47,57)/t30-,32-,35-,36-,39-/m1/s1. The number of hydrogen-bond acceptors (Lipinski definition) is 14. The van der Waals surface area contributed by atoms with Crippen LogP contribution < -0.4 is 25.8 Å². The maximum absolute atomic E-state index is 13.3. The molecular weight excluding hydrogens is 757 g/mol. The Hall–Kier alpha value is -5.88. The molecule has 59 heavy (non-hydrogen) atoms. The van der Waals surface area contributed by atoms with Crippen molar-refractivity contribution in [2.45, 2.75) is 68.7 Å². The van der Waals surface area contributed by atoms with E-state index in [0.29, 0.717) is 74.2 Å². The van der Waals surface area contributed by atoms with Crippen LogP contribution in [0.15, 0.2) is 85.3 Å². The molecule has 3 fully saturated rings. The monoisotopic (exact) mass is 806 g/mol. The van der Waals surface area contributed by atoms with Crippen molar-refractivity contribution in [2.75, 3.05) is 61.1 Å². The smallest absolute Gasteiger partial charge is 0.339 e. The third kappa shape index (κ3) is 8.78. The average molecular weight is 807 g/mol. The lowest BCUT2D eigenvalue weighted by Gasteiger charge is -2.33. The summed E-state index contributed by atoms with van der Waals surface area (Å²) < 4.78 is 12.5. The van der Waals surface area contributed by atoms with Crippen molar-refractivity contribution >= 4 is 40.7 Å². The average Bonchev–Trinajstić information content (AvgIpc) is 3.99. The van der Waals surface area contributed by atoms with Crippen molar-refractivity contribution < 1.29 is 34.4 Å². The maximum atomic E-state index is 13.3. The van der Waals surface area contributed by atoms with Crippen molar-refractivity contribution in [3.63, 3.8) is 0 Å². The minimum atomic E-state index is -1.33. The number of carbonyl (C=O) groups is 2. The van der Waals surface area contributed by atoms with Gasteiger partial charge in [0.2, 0.25) is 5.95 Å². The zero-order valence-corrected chi connectivity index (χ0v) is 32.8. The molecule has 3 aromatic heterocycles. The van der Waals surface area contributed by atoms with Gasteiger partial charge in [-0.1, -0.05) is 60.7 Å². The number of carbonyl (C=O) groups excluding carboxylic acids is 2. The Morgan fingerprint density at radius 1 is 0.864 bits per heavy atom. The highest BCUT2D eigenvalue weighted by Gasteiger charge is 2.44. The maximum Gasteiger partial charge on any atom is 0.339 e. The summed E-state index contributed by atoms with van der Waals surface area (Å²) in [4.78, 5) is 48.4. The van der Waals surface area contributed by atoms with Crippen LogP contribution in [-0.4, -0.2) is 128 Å². The minimum Gasteiger partial charge on any atom is -0.462 e. The zero-order chi connectivity index (χ0) is 40.9. The molecule has 0 saturated carbocycles. The number of esters is 1. The van der Waals surface area contributed by atoms with Gasteiger partial charge in [-0.3, -0.25) is 4.57 Å². The van der Waals surface area contributed by atoms with Gasteiger partial charge in [0, 0.05) is 56.9 Å². The lowest BCUT2D eigenvalue weighted by molar-refractivity contribution is -0.0511. The number of hydrogen-bond donors (Lipinski definition) is 6. The number of rotatable bonds is 13. The number of nitrogens with zero attached hydrogens (tertiary/aromatic N) is 7. The number of ether oxygens (including phenoxy) is 2. The van der Waals surface area contributed by atoms with Gasteiger partial charge in [-0.15, -0.1) is 0 Å². The Morgan fingerprint density at radius 2 is 1.54 bits per heavy atom. The van der Waals surface area contributed by atoms with Crippen LogP contribution in [0.25, 0.3) is 11.2 Å². The van der Waals surface area contributed by atoms with Crippen molar-refractivity contribution in [1.82, 2.24) is 35.1 Å². The zero-order valence-electron chi connectivity index (χ0n) is 32.8. The summed E-state index contributed by atoms with van der Waals surface area (Å²) in [5.74, 6) is 1.26. The number of aromatic nitrogens is 5. The molecule has 0 bridgehead atoms. The molecule has 2 amide bonds. The Kier molecular flexibility index (Phi) is 12.1. The SMILES string of the molecule is CCOC(=O)c1ccc(N2CCC(NC(=O)N[C@@H]3CCN(c4nc(NCC(c5ccccc5)c5ccccc5)c5ncn([C@@H]6O[C@H](CO)[C@@H](O)[C@H]6O)c5n4)C3)CC2)nc1. The molecule has 0 radical (unpaired) electrons. The van der Waals surface area contributed by atoms with Crippen LogP contribution in [0.2, 0.25) is 0 Å². The van der Waals surface area contributed by atoms with Crippen LogP contribution in [0.3, 0.4) is 0 Å². The number of urea groups is 1. The highest BCUT2D eigenvalue weighted by Crippen LogP contribution is 2.34. The molecule has 5 aromatic rings. The first-order chi connectivity index (χ1) is 28.8. The molecule has 3 aliphatic heterocycles. The van der Waals surface area contributed by atoms with E-state index >= 15 is 0 Å². The van der Waals surface area contributed by atoms with Gasteiger partial charge in [0.25, 0.3) is 0 Å². The van der Waals surface area contributed by atoms with Gasteiger partial charge in [0.1, 0.15) is 24.1 Å². The van der Waals surface area contributed by atoms with E-state index in [4.69, 9.17) is 19.4 Å². The third-order valence-electron chi connectivity index (χ3n) is 11.3. The van der Waals surface area contributed by atoms with E-state index in [-0.39, 0.29) is 24.0 Å². The second kappa shape index (κ2) is 17.9. The fourth-order valence-electron chi connectivity index (χ4n) is 8.10. The fraction of sp³-hybridized carbons (Fsp3) is 0.429. The first-order valence-corrected chi connectivity index (χ1v) is 20.2. The molecule has 3 aliphatic rings. The van der Waals surface area contributed by atoms with Gasteiger partial charge in [-0.05, 0) is 49.4 Å². The van der Waals surface area contributed by atoms with Crippen molar-refractivity contribution in [3.8, 4) is 0 Å². The molecule has 6 heterocycles. The molecule has 17 nitrogen and oxygen atoms in total. The predicted octanol–water partition coefficient (Wildman–Crippen LogP) is 2.80. The molecular formula is C42H50N10O7. The van der Waals surface area contributed by atoms with Crippen molar-refractivity contribution in [2.24, 2.45) is 0 Å². The van der Waals surface area contributed by atoms with Crippen LogP contribution in [0.5, 0.6) is 0 Å². The Bertz CT molecular complexity index is 2150. The van der Waals surface area contributed by atoms with E-state index < -0.39 is 37.1 Å². The van der Waals surface area contributed by atoms with Crippen LogP contribution in [0.4, 0.5) is 22.4 Å². The number of imidazole rings is 1. The second-order valence-corrected chi connectivity index (χ2v) is 15.1. The Balaban J connectivity index is 0.951. The summed E-state index contributed by atoms with van der Waals surface area (Å²) in [6.07, 6.45) is 0.557. The third-order valence-corrected chi connectivity index (χ3v) is 11.3. The first-order valence-electron chi connectivity index (χ1n) is 20.2. The molecule has 5 atom stereocenters. The molecule has 2 aromatic carbocycles. The predicted molar refractivity (Wildman–Crippen MR) is 219 cm³/mol. The molecule has 3 saturated heterocycles. The first kappa shape index (κ1) is 39.9. The van der Waals surface area contributed by atoms with Gasteiger partial charge in [0.05, 0.1) is 25.1 Å². The summed E-state index contributed by atoms with van der Waals surface area (Å²) >= 11 is 0. The van der Waals surface area contributed by atoms with E-state index in [2.05, 4.69) is 55.1 Å². The Morgan fingerprint density at radius 3 is 2.19 bits per heavy atom. The molecule has 0 aliphatic carbocycles. The van der Waals surface area contributed by atoms with E-state index in [0.717, 1.165) is 29.8 Å². The fourth-order valence-corrected chi connectivity index (χ4v) is 8.10. The van der Waals surface area contributed by atoms with Crippen LogP contribution >= 0.6 is 0 Å². The highest BCUT2D eigenvalue weighted by atomic mass is 16.6. The summed E-state index contributed by atoms with van der Waals surface area (Å²) in [7, 11) is 0. The number of benzene rings is 2.